The van der Waals surface area contributed by atoms with E-state index in [1.807, 2.05) is 30.1 Å². The minimum Gasteiger partial charge on any atom is -0.368 e. The molecule has 21 heavy (non-hydrogen) atoms. The molecule has 4 nitrogen and oxygen atoms in total. The molecule has 1 N–H and O–H groups in total. The lowest BCUT2D eigenvalue weighted by molar-refractivity contribution is 0.675. The number of aromatic nitrogens is 1. The van der Waals surface area contributed by atoms with Crippen LogP contribution < -0.4 is 10.2 Å². The van der Waals surface area contributed by atoms with Crippen molar-refractivity contribution in [3.63, 3.8) is 0 Å². The van der Waals surface area contributed by atoms with Crippen LogP contribution in [0, 0.1) is 11.3 Å². The zero-order chi connectivity index (χ0) is 15.1. The molecule has 2 rings (SSSR count). The largest absolute Gasteiger partial charge is 0.368 e. The molecular formula is C16H20N4S. The lowest BCUT2D eigenvalue weighted by Gasteiger charge is -2.20. The minimum atomic E-state index is 0.712. The zero-order valence-electron chi connectivity index (χ0n) is 12.5. The molecule has 0 bridgehead atoms. The van der Waals surface area contributed by atoms with Gasteiger partial charge in [-0.05, 0) is 30.7 Å². The van der Waals surface area contributed by atoms with E-state index >= 15 is 0 Å². The first-order chi connectivity index (χ1) is 10.2. The van der Waals surface area contributed by atoms with Gasteiger partial charge in [0, 0.05) is 19.0 Å². The number of nitrogens with zero attached hydrogens (tertiary/aromatic N) is 3. The molecule has 0 saturated heterocycles. The van der Waals surface area contributed by atoms with Crippen LogP contribution in [-0.2, 0) is 13.1 Å². The number of rotatable bonds is 7. The van der Waals surface area contributed by atoms with Crippen molar-refractivity contribution in [2.24, 2.45) is 0 Å². The van der Waals surface area contributed by atoms with E-state index in [-0.39, 0.29) is 0 Å². The molecule has 0 aliphatic heterocycles. The molecule has 0 saturated carbocycles. The monoisotopic (exact) mass is 300 g/mol. The number of benzene rings is 1. The van der Waals surface area contributed by atoms with E-state index in [1.54, 1.807) is 11.3 Å². The van der Waals surface area contributed by atoms with Crippen LogP contribution in [0.1, 0.15) is 30.2 Å². The van der Waals surface area contributed by atoms with E-state index in [1.165, 1.54) is 0 Å². The lowest BCUT2D eigenvalue weighted by Crippen LogP contribution is -2.18. The third-order valence-corrected chi connectivity index (χ3v) is 3.87. The molecular weight excluding hydrogens is 280 g/mol. The van der Waals surface area contributed by atoms with Gasteiger partial charge in [-0.3, -0.25) is 0 Å². The van der Waals surface area contributed by atoms with Crippen LogP contribution in [0.3, 0.4) is 0 Å². The van der Waals surface area contributed by atoms with Gasteiger partial charge >= 0.3 is 0 Å². The maximum atomic E-state index is 9.38. The van der Waals surface area contributed by atoms with Gasteiger partial charge < -0.3 is 10.2 Å². The fourth-order valence-electron chi connectivity index (χ4n) is 2.17. The summed E-state index contributed by atoms with van der Waals surface area (Å²) in [6.07, 6.45) is 1.11. The van der Waals surface area contributed by atoms with E-state index in [0.29, 0.717) is 12.1 Å². The van der Waals surface area contributed by atoms with Crippen molar-refractivity contribution < 1.29 is 0 Å². The SMILES string of the molecule is CCCNCc1ccc(N(C)Cc2cscn2)c(C#N)c1. The Morgan fingerprint density at radius 3 is 2.95 bits per heavy atom. The van der Waals surface area contributed by atoms with Crippen molar-refractivity contribution in [3.8, 4) is 6.07 Å². The van der Waals surface area contributed by atoms with Crippen LogP contribution in [-0.4, -0.2) is 18.6 Å². The Morgan fingerprint density at radius 2 is 2.29 bits per heavy atom. The summed E-state index contributed by atoms with van der Waals surface area (Å²) < 4.78 is 0. The summed E-state index contributed by atoms with van der Waals surface area (Å²) in [6.45, 7) is 4.65. The summed E-state index contributed by atoms with van der Waals surface area (Å²) in [4.78, 5) is 6.35. The highest BCUT2D eigenvalue weighted by molar-refractivity contribution is 7.07. The predicted molar refractivity (Wildman–Crippen MR) is 87.4 cm³/mol. The van der Waals surface area contributed by atoms with Gasteiger partial charge in [0.2, 0.25) is 0 Å². The first kappa shape index (κ1) is 15.5. The van der Waals surface area contributed by atoms with Gasteiger partial charge in [0.15, 0.2) is 0 Å². The minimum absolute atomic E-state index is 0.712. The molecule has 2 aromatic rings. The van der Waals surface area contributed by atoms with Crippen molar-refractivity contribution in [2.45, 2.75) is 26.4 Å². The Bertz CT molecular complexity index is 601. The Balaban J connectivity index is 2.10. The van der Waals surface area contributed by atoms with Crippen molar-refractivity contribution in [1.29, 1.82) is 5.26 Å². The Hall–Kier alpha value is -1.90. The molecule has 0 fully saturated rings. The van der Waals surface area contributed by atoms with Crippen LogP contribution in [0.25, 0.3) is 0 Å². The lowest BCUT2D eigenvalue weighted by atomic mass is 10.1. The normalized spacial score (nSPS) is 10.3. The topological polar surface area (TPSA) is 52.0 Å². The van der Waals surface area contributed by atoms with Gasteiger partial charge in [0.25, 0.3) is 0 Å². The summed E-state index contributed by atoms with van der Waals surface area (Å²) in [5, 5.41) is 14.8. The Labute approximate surface area is 130 Å². The first-order valence-corrected chi connectivity index (χ1v) is 8.00. The predicted octanol–water partition coefficient (Wildman–Crippen LogP) is 3.15. The van der Waals surface area contributed by atoms with Crippen LogP contribution in [0.15, 0.2) is 29.1 Å². The highest BCUT2D eigenvalue weighted by Gasteiger charge is 2.09. The number of nitriles is 1. The summed E-state index contributed by atoms with van der Waals surface area (Å²) in [5.74, 6) is 0. The van der Waals surface area contributed by atoms with E-state index < -0.39 is 0 Å². The van der Waals surface area contributed by atoms with Gasteiger partial charge in [-0.15, -0.1) is 11.3 Å². The van der Waals surface area contributed by atoms with Crippen LogP contribution in [0.5, 0.6) is 0 Å². The quantitative estimate of drug-likeness (QED) is 0.798. The molecule has 110 valence electrons. The van der Waals surface area contributed by atoms with Gasteiger partial charge in [-0.1, -0.05) is 13.0 Å². The van der Waals surface area contributed by atoms with Gasteiger partial charge in [0.05, 0.1) is 29.0 Å². The molecule has 0 amide bonds. The van der Waals surface area contributed by atoms with E-state index in [0.717, 1.165) is 36.5 Å². The highest BCUT2D eigenvalue weighted by Crippen LogP contribution is 2.22. The molecule has 1 heterocycles. The standard InChI is InChI=1S/C16H20N4S/c1-3-6-18-9-13-4-5-16(14(7-13)8-17)20(2)10-15-11-21-12-19-15/h4-5,7,11-12,18H,3,6,9-10H2,1-2H3. The van der Waals surface area contributed by atoms with Crippen molar-refractivity contribution >= 4 is 17.0 Å². The van der Waals surface area contributed by atoms with E-state index in [4.69, 9.17) is 0 Å². The van der Waals surface area contributed by atoms with Gasteiger partial charge in [0.1, 0.15) is 6.07 Å². The van der Waals surface area contributed by atoms with Crippen LogP contribution in [0.4, 0.5) is 5.69 Å². The van der Waals surface area contributed by atoms with Crippen molar-refractivity contribution in [1.82, 2.24) is 10.3 Å². The molecule has 0 spiro atoms. The van der Waals surface area contributed by atoms with E-state index in [2.05, 4.69) is 34.3 Å². The second-order valence-corrected chi connectivity index (χ2v) is 5.69. The smallest absolute Gasteiger partial charge is 0.101 e. The summed E-state index contributed by atoms with van der Waals surface area (Å²) in [5.41, 5.74) is 5.66. The Kier molecular flexibility index (Phi) is 5.73. The maximum absolute atomic E-state index is 9.38. The van der Waals surface area contributed by atoms with E-state index in [9.17, 15) is 5.26 Å². The summed E-state index contributed by atoms with van der Waals surface area (Å²) >= 11 is 1.59. The number of nitrogens with one attached hydrogen (secondary N) is 1. The number of hydrogen-bond acceptors (Lipinski definition) is 5. The maximum Gasteiger partial charge on any atom is 0.101 e. The summed E-state index contributed by atoms with van der Waals surface area (Å²) in [7, 11) is 1.99. The molecule has 0 atom stereocenters. The highest BCUT2D eigenvalue weighted by atomic mass is 32.1. The third-order valence-electron chi connectivity index (χ3n) is 3.23. The molecule has 0 aliphatic carbocycles. The number of thiazole rings is 1. The molecule has 0 radical (unpaired) electrons. The average molecular weight is 300 g/mol. The number of anilines is 1. The molecule has 0 unspecified atom stereocenters. The first-order valence-electron chi connectivity index (χ1n) is 7.06. The van der Waals surface area contributed by atoms with Crippen molar-refractivity contribution in [3.05, 3.63) is 45.9 Å². The number of hydrogen-bond donors (Lipinski definition) is 1. The Morgan fingerprint density at radius 1 is 1.43 bits per heavy atom. The molecule has 0 aliphatic rings. The fraction of sp³-hybridized carbons (Fsp3) is 0.375. The molecule has 1 aromatic heterocycles. The van der Waals surface area contributed by atoms with Crippen molar-refractivity contribution in [2.75, 3.05) is 18.5 Å². The zero-order valence-corrected chi connectivity index (χ0v) is 13.3. The average Bonchev–Trinajstić information content (AvgIpc) is 3.00. The molecule has 5 heteroatoms. The van der Waals surface area contributed by atoms with Crippen LogP contribution in [0.2, 0.25) is 0 Å². The second-order valence-electron chi connectivity index (χ2n) is 4.98. The van der Waals surface area contributed by atoms with Crippen LogP contribution >= 0.6 is 11.3 Å². The van der Waals surface area contributed by atoms with Gasteiger partial charge in [-0.2, -0.15) is 5.26 Å². The third kappa shape index (κ3) is 4.28. The molecule has 1 aromatic carbocycles. The second kappa shape index (κ2) is 7.77. The van der Waals surface area contributed by atoms with Gasteiger partial charge in [-0.25, -0.2) is 4.98 Å². The summed E-state index contributed by atoms with van der Waals surface area (Å²) in [6, 6.07) is 8.37. The fourth-order valence-corrected chi connectivity index (χ4v) is 2.72.